The van der Waals surface area contributed by atoms with Crippen molar-refractivity contribution in [1.82, 2.24) is 4.57 Å². The summed E-state index contributed by atoms with van der Waals surface area (Å²) >= 11 is 0. The first-order valence-electron chi connectivity index (χ1n) is 10.8. The molecule has 32 heavy (non-hydrogen) atoms. The van der Waals surface area contributed by atoms with Gasteiger partial charge in [-0.05, 0) is 53.9 Å². The lowest BCUT2D eigenvalue weighted by atomic mass is 10.0. The standard InChI is InChI=1S/C28H24N2O2/c1-2-32-22-14-11-19(12-15-22)18-30-25-10-6-9-24(28(29)31)27(25)23-16-13-21(17-26(23)30)20-7-4-3-5-8-20/h3-17H,2,18H2,1H3,(H2,29,31). The Bertz CT molecular complexity index is 1420. The van der Waals surface area contributed by atoms with Gasteiger partial charge >= 0.3 is 0 Å². The van der Waals surface area contributed by atoms with E-state index in [-0.39, 0.29) is 0 Å². The monoisotopic (exact) mass is 420 g/mol. The van der Waals surface area contributed by atoms with Crippen molar-refractivity contribution < 1.29 is 9.53 Å². The number of hydrogen-bond acceptors (Lipinski definition) is 2. The Labute approximate surface area is 186 Å². The molecule has 1 aromatic heterocycles. The number of fused-ring (bicyclic) bond motifs is 3. The van der Waals surface area contributed by atoms with Gasteiger partial charge in [0, 0.05) is 22.9 Å². The number of aromatic nitrogens is 1. The molecule has 0 saturated carbocycles. The van der Waals surface area contributed by atoms with Crippen LogP contribution in [0.15, 0.2) is 91.0 Å². The molecule has 0 aliphatic rings. The minimum Gasteiger partial charge on any atom is -0.494 e. The molecule has 0 fully saturated rings. The van der Waals surface area contributed by atoms with Crippen LogP contribution in [0.4, 0.5) is 0 Å². The third kappa shape index (κ3) is 3.50. The SMILES string of the molecule is CCOc1ccc(Cn2c3cc(-c4ccccc4)ccc3c3c(C(N)=O)cccc32)cc1. The molecule has 5 aromatic rings. The first kappa shape index (κ1) is 19.9. The third-order valence-corrected chi connectivity index (χ3v) is 5.84. The van der Waals surface area contributed by atoms with Crippen molar-refractivity contribution in [2.45, 2.75) is 13.5 Å². The predicted molar refractivity (Wildman–Crippen MR) is 130 cm³/mol. The molecule has 0 saturated heterocycles. The summed E-state index contributed by atoms with van der Waals surface area (Å²) in [6.45, 7) is 3.30. The number of primary amides is 1. The highest BCUT2D eigenvalue weighted by molar-refractivity contribution is 6.18. The topological polar surface area (TPSA) is 57.2 Å². The van der Waals surface area contributed by atoms with Gasteiger partial charge < -0.3 is 15.0 Å². The summed E-state index contributed by atoms with van der Waals surface area (Å²) < 4.78 is 7.85. The molecule has 0 atom stereocenters. The Balaban J connectivity index is 1.72. The van der Waals surface area contributed by atoms with Crippen LogP contribution in [-0.4, -0.2) is 17.1 Å². The van der Waals surface area contributed by atoms with E-state index < -0.39 is 5.91 Å². The Morgan fingerprint density at radius 1 is 0.844 bits per heavy atom. The van der Waals surface area contributed by atoms with Crippen LogP contribution in [0.3, 0.4) is 0 Å². The third-order valence-electron chi connectivity index (χ3n) is 5.84. The second-order valence-electron chi connectivity index (χ2n) is 7.83. The van der Waals surface area contributed by atoms with Crippen molar-refractivity contribution >= 4 is 27.7 Å². The number of nitrogens with two attached hydrogens (primary N) is 1. The number of amides is 1. The van der Waals surface area contributed by atoms with Gasteiger partial charge in [0.15, 0.2) is 0 Å². The normalized spacial score (nSPS) is 11.2. The summed E-state index contributed by atoms with van der Waals surface area (Å²) in [5, 5.41) is 1.93. The molecule has 5 rings (SSSR count). The van der Waals surface area contributed by atoms with Crippen molar-refractivity contribution in [2.24, 2.45) is 5.73 Å². The lowest BCUT2D eigenvalue weighted by Crippen LogP contribution is -2.11. The van der Waals surface area contributed by atoms with E-state index in [1.165, 1.54) is 0 Å². The lowest BCUT2D eigenvalue weighted by Gasteiger charge is -2.10. The molecule has 0 aliphatic carbocycles. The van der Waals surface area contributed by atoms with Gasteiger partial charge in [0.1, 0.15) is 5.75 Å². The molecule has 2 N–H and O–H groups in total. The van der Waals surface area contributed by atoms with Crippen molar-refractivity contribution in [3.63, 3.8) is 0 Å². The van der Waals surface area contributed by atoms with E-state index in [2.05, 4.69) is 53.1 Å². The van der Waals surface area contributed by atoms with Crippen molar-refractivity contribution in [2.75, 3.05) is 6.61 Å². The fraction of sp³-hybridized carbons (Fsp3) is 0.107. The summed E-state index contributed by atoms with van der Waals surface area (Å²) in [5.74, 6) is 0.448. The van der Waals surface area contributed by atoms with E-state index in [9.17, 15) is 4.79 Å². The Kier molecular flexibility index (Phi) is 5.12. The van der Waals surface area contributed by atoms with Crippen LogP contribution in [-0.2, 0) is 6.54 Å². The smallest absolute Gasteiger partial charge is 0.249 e. The van der Waals surface area contributed by atoms with Crippen molar-refractivity contribution in [1.29, 1.82) is 0 Å². The Morgan fingerprint density at radius 3 is 2.34 bits per heavy atom. The molecule has 158 valence electrons. The molecule has 0 unspecified atom stereocenters. The summed E-state index contributed by atoms with van der Waals surface area (Å²) in [6, 6.07) is 30.6. The minimum atomic E-state index is -0.414. The first-order valence-corrected chi connectivity index (χ1v) is 10.8. The van der Waals surface area contributed by atoms with Crippen LogP contribution in [0, 0.1) is 0 Å². The van der Waals surface area contributed by atoms with Gasteiger partial charge in [-0.1, -0.05) is 60.7 Å². The fourth-order valence-corrected chi connectivity index (χ4v) is 4.37. The van der Waals surface area contributed by atoms with Gasteiger partial charge in [0.25, 0.3) is 0 Å². The molecule has 1 heterocycles. The van der Waals surface area contributed by atoms with E-state index in [1.54, 1.807) is 6.07 Å². The molecular formula is C28H24N2O2. The fourth-order valence-electron chi connectivity index (χ4n) is 4.37. The number of carbonyl (C=O) groups excluding carboxylic acids is 1. The Hall–Kier alpha value is -4.05. The Morgan fingerprint density at radius 2 is 1.62 bits per heavy atom. The zero-order valence-corrected chi connectivity index (χ0v) is 17.9. The van der Waals surface area contributed by atoms with Gasteiger partial charge in [-0.2, -0.15) is 0 Å². The molecule has 0 bridgehead atoms. The largest absolute Gasteiger partial charge is 0.494 e. The first-order chi connectivity index (χ1) is 15.7. The highest BCUT2D eigenvalue weighted by Gasteiger charge is 2.17. The molecule has 0 spiro atoms. The quantitative estimate of drug-likeness (QED) is 0.366. The van der Waals surface area contributed by atoms with Crippen LogP contribution < -0.4 is 10.5 Å². The van der Waals surface area contributed by atoms with Gasteiger partial charge in [0.2, 0.25) is 5.91 Å². The van der Waals surface area contributed by atoms with Crippen molar-refractivity contribution in [3.8, 4) is 16.9 Å². The zero-order valence-electron chi connectivity index (χ0n) is 17.9. The van der Waals surface area contributed by atoms with E-state index in [0.717, 1.165) is 44.2 Å². The number of ether oxygens (including phenoxy) is 1. The summed E-state index contributed by atoms with van der Waals surface area (Å²) in [5.41, 5.74) is 11.8. The summed E-state index contributed by atoms with van der Waals surface area (Å²) in [6.07, 6.45) is 0. The molecular weight excluding hydrogens is 396 g/mol. The average molecular weight is 421 g/mol. The number of carbonyl (C=O) groups is 1. The minimum absolute atomic E-state index is 0.414. The van der Waals surface area contributed by atoms with Crippen LogP contribution in [0.2, 0.25) is 0 Å². The summed E-state index contributed by atoms with van der Waals surface area (Å²) in [4.78, 5) is 12.2. The second kappa shape index (κ2) is 8.23. The van der Waals surface area contributed by atoms with Crippen LogP contribution in [0.5, 0.6) is 5.75 Å². The predicted octanol–water partition coefficient (Wildman–Crippen LogP) is 6.01. The van der Waals surface area contributed by atoms with Crippen molar-refractivity contribution in [3.05, 3.63) is 102 Å². The molecule has 1 amide bonds. The zero-order chi connectivity index (χ0) is 22.1. The van der Waals surface area contributed by atoms with Gasteiger partial charge in [-0.3, -0.25) is 4.79 Å². The molecule has 4 nitrogen and oxygen atoms in total. The van der Waals surface area contributed by atoms with Crippen LogP contribution in [0.1, 0.15) is 22.8 Å². The van der Waals surface area contributed by atoms with E-state index in [1.807, 2.05) is 43.3 Å². The molecule has 0 aliphatic heterocycles. The van der Waals surface area contributed by atoms with E-state index >= 15 is 0 Å². The molecule has 0 radical (unpaired) electrons. The number of rotatable bonds is 6. The lowest BCUT2D eigenvalue weighted by molar-refractivity contribution is 0.100. The van der Waals surface area contributed by atoms with Gasteiger partial charge in [0.05, 0.1) is 17.6 Å². The maximum Gasteiger partial charge on any atom is 0.249 e. The van der Waals surface area contributed by atoms with Crippen LogP contribution >= 0.6 is 0 Å². The van der Waals surface area contributed by atoms with Crippen LogP contribution in [0.25, 0.3) is 32.9 Å². The van der Waals surface area contributed by atoms with Gasteiger partial charge in [-0.25, -0.2) is 0 Å². The maximum atomic E-state index is 12.2. The number of hydrogen-bond donors (Lipinski definition) is 1. The van der Waals surface area contributed by atoms with E-state index in [0.29, 0.717) is 18.7 Å². The van der Waals surface area contributed by atoms with Gasteiger partial charge in [-0.15, -0.1) is 0 Å². The van der Waals surface area contributed by atoms with E-state index in [4.69, 9.17) is 10.5 Å². The molecule has 4 heteroatoms. The second-order valence-corrected chi connectivity index (χ2v) is 7.83. The number of nitrogens with zero attached hydrogens (tertiary/aromatic N) is 1. The highest BCUT2D eigenvalue weighted by atomic mass is 16.5. The number of benzene rings is 4. The molecule has 4 aromatic carbocycles. The highest BCUT2D eigenvalue weighted by Crippen LogP contribution is 2.35. The summed E-state index contributed by atoms with van der Waals surface area (Å²) in [7, 11) is 0. The average Bonchev–Trinajstić information content (AvgIpc) is 3.14. The maximum absolute atomic E-state index is 12.2.